The summed E-state index contributed by atoms with van der Waals surface area (Å²) in [6.07, 6.45) is 1.00. The quantitative estimate of drug-likeness (QED) is 0.719. The minimum atomic E-state index is 0.128. The number of likely N-dealkylation sites (N-methyl/N-ethyl adjacent to an activating group) is 1. The first-order valence-corrected chi connectivity index (χ1v) is 9.36. The fourth-order valence-corrected chi connectivity index (χ4v) is 4.44. The van der Waals surface area contributed by atoms with Gasteiger partial charge in [0.1, 0.15) is 5.01 Å². The van der Waals surface area contributed by atoms with E-state index in [-0.39, 0.29) is 5.91 Å². The Kier molecular flexibility index (Phi) is 4.17. The minimum Gasteiger partial charge on any atom is -0.359 e. The van der Waals surface area contributed by atoms with E-state index in [9.17, 15) is 4.79 Å². The smallest absolute Gasteiger partial charge is 0.242 e. The predicted octanol–water partition coefficient (Wildman–Crippen LogP) is 3.71. The van der Waals surface area contributed by atoms with Crippen molar-refractivity contribution in [1.29, 1.82) is 0 Å². The lowest BCUT2D eigenvalue weighted by molar-refractivity contribution is -0.129. The Morgan fingerprint density at radius 3 is 2.84 bits per heavy atom. The van der Waals surface area contributed by atoms with Gasteiger partial charge in [0.05, 0.1) is 23.3 Å². The van der Waals surface area contributed by atoms with Gasteiger partial charge in [0.25, 0.3) is 0 Å². The number of para-hydroxylation sites is 2. The first-order valence-electron chi connectivity index (χ1n) is 8.55. The van der Waals surface area contributed by atoms with Gasteiger partial charge >= 0.3 is 0 Å². The van der Waals surface area contributed by atoms with Crippen LogP contribution in [0.15, 0.2) is 48.5 Å². The van der Waals surface area contributed by atoms with Crippen molar-refractivity contribution in [2.75, 3.05) is 18.5 Å². The number of hydrogen-bond acceptors (Lipinski definition) is 4. The molecule has 128 valence electrons. The maximum atomic E-state index is 12.7. The lowest BCUT2D eigenvalue weighted by atomic mass is 10.1. The van der Waals surface area contributed by atoms with E-state index in [1.54, 1.807) is 16.2 Å². The van der Waals surface area contributed by atoms with Gasteiger partial charge < -0.3 is 9.80 Å². The molecule has 4 nitrogen and oxygen atoms in total. The molecule has 1 atom stereocenters. The third kappa shape index (κ3) is 3.12. The second-order valence-corrected chi connectivity index (χ2v) is 7.75. The Hall–Kier alpha value is -2.40. The maximum Gasteiger partial charge on any atom is 0.242 e. The highest BCUT2D eigenvalue weighted by Crippen LogP contribution is 2.31. The van der Waals surface area contributed by atoms with Gasteiger partial charge in [-0.25, -0.2) is 4.98 Å². The molecule has 0 fully saturated rings. The predicted molar refractivity (Wildman–Crippen MR) is 103 cm³/mol. The second kappa shape index (κ2) is 6.48. The zero-order chi connectivity index (χ0) is 17.4. The first kappa shape index (κ1) is 16.1. The Bertz CT molecular complexity index is 887. The summed E-state index contributed by atoms with van der Waals surface area (Å²) < 4.78 is 1.17. The van der Waals surface area contributed by atoms with Crippen molar-refractivity contribution < 1.29 is 4.79 Å². The molecule has 0 aliphatic carbocycles. The molecule has 5 heteroatoms. The molecular weight excluding hydrogens is 330 g/mol. The average molecular weight is 351 g/mol. The lowest BCUT2D eigenvalue weighted by Gasteiger charge is -2.26. The summed E-state index contributed by atoms with van der Waals surface area (Å²) >= 11 is 1.66. The molecular formula is C20H21N3OS. The van der Waals surface area contributed by atoms with Crippen molar-refractivity contribution >= 4 is 33.1 Å². The number of hydrogen-bond donors (Lipinski definition) is 0. The van der Waals surface area contributed by atoms with Gasteiger partial charge in [-0.3, -0.25) is 4.79 Å². The molecule has 1 aromatic heterocycles. The molecule has 2 heterocycles. The van der Waals surface area contributed by atoms with Gasteiger partial charge in [-0.05, 0) is 37.1 Å². The van der Waals surface area contributed by atoms with Crippen LogP contribution < -0.4 is 4.90 Å². The minimum absolute atomic E-state index is 0.128. The van der Waals surface area contributed by atoms with Crippen molar-refractivity contribution in [1.82, 2.24) is 9.88 Å². The molecule has 0 saturated heterocycles. The van der Waals surface area contributed by atoms with Crippen LogP contribution in [0.3, 0.4) is 0 Å². The number of carbonyl (C=O) groups is 1. The Balaban J connectivity index is 1.45. The van der Waals surface area contributed by atoms with Gasteiger partial charge in [0.15, 0.2) is 0 Å². The van der Waals surface area contributed by atoms with E-state index in [1.165, 1.54) is 16.0 Å². The van der Waals surface area contributed by atoms with Crippen LogP contribution >= 0.6 is 11.3 Å². The third-order valence-electron chi connectivity index (χ3n) is 4.79. The van der Waals surface area contributed by atoms with Gasteiger partial charge in [-0.1, -0.05) is 30.3 Å². The third-order valence-corrected chi connectivity index (χ3v) is 5.81. The molecule has 2 aromatic carbocycles. The van der Waals surface area contributed by atoms with E-state index in [0.717, 1.165) is 16.9 Å². The molecule has 4 rings (SSSR count). The summed E-state index contributed by atoms with van der Waals surface area (Å²) in [4.78, 5) is 21.4. The van der Waals surface area contributed by atoms with Crippen LogP contribution in [-0.4, -0.2) is 35.4 Å². The van der Waals surface area contributed by atoms with Gasteiger partial charge in [0.2, 0.25) is 5.91 Å². The summed E-state index contributed by atoms with van der Waals surface area (Å²) in [6.45, 7) is 3.16. The van der Waals surface area contributed by atoms with Crippen molar-refractivity contribution in [3.05, 3.63) is 59.1 Å². The molecule has 1 aliphatic heterocycles. The van der Waals surface area contributed by atoms with Crippen LogP contribution in [0.4, 0.5) is 5.69 Å². The topological polar surface area (TPSA) is 36.4 Å². The van der Waals surface area contributed by atoms with Crippen molar-refractivity contribution in [2.45, 2.75) is 25.9 Å². The fraction of sp³-hybridized carbons (Fsp3) is 0.300. The summed E-state index contributed by atoms with van der Waals surface area (Å²) in [7, 11) is 1.86. The molecule has 0 bridgehead atoms. The number of fused-ring (bicyclic) bond motifs is 2. The Morgan fingerprint density at radius 1 is 1.24 bits per heavy atom. The second-order valence-electron chi connectivity index (χ2n) is 6.63. The largest absolute Gasteiger partial charge is 0.359 e. The van der Waals surface area contributed by atoms with Gasteiger partial charge in [-0.15, -0.1) is 11.3 Å². The highest BCUT2D eigenvalue weighted by atomic mass is 32.1. The van der Waals surface area contributed by atoms with Gasteiger partial charge in [0, 0.05) is 18.8 Å². The van der Waals surface area contributed by atoms with E-state index < -0.39 is 0 Å². The number of anilines is 1. The molecule has 0 saturated carbocycles. The van der Waals surface area contributed by atoms with Crippen molar-refractivity contribution in [3.8, 4) is 0 Å². The highest BCUT2D eigenvalue weighted by molar-refractivity contribution is 7.18. The summed E-state index contributed by atoms with van der Waals surface area (Å²) in [5, 5.41) is 0.979. The number of rotatable bonds is 4. The zero-order valence-electron chi connectivity index (χ0n) is 14.5. The molecule has 1 aliphatic rings. The number of nitrogens with zero attached hydrogens (tertiary/aromatic N) is 3. The fourth-order valence-electron chi connectivity index (χ4n) is 3.42. The average Bonchev–Trinajstić information content (AvgIpc) is 3.15. The summed E-state index contributed by atoms with van der Waals surface area (Å²) in [5.74, 6) is 0.128. The van der Waals surface area contributed by atoms with Crippen molar-refractivity contribution in [2.24, 2.45) is 0 Å². The van der Waals surface area contributed by atoms with Crippen LogP contribution in [-0.2, 0) is 17.8 Å². The molecule has 3 aromatic rings. The molecule has 0 unspecified atom stereocenters. The SMILES string of the molecule is C[C@@H]1Cc2ccccc2N1CC(=O)N(C)Cc1nc2ccccc2s1. The van der Waals surface area contributed by atoms with Crippen LogP contribution in [0.2, 0.25) is 0 Å². The van der Waals surface area contributed by atoms with E-state index in [2.05, 4.69) is 41.1 Å². The molecule has 25 heavy (non-hydrogen) atoms. The molecule has 0 N–H and O–H groups in total. The first-order chi connectivity index (χ1) is 12.1. The van der Waals surface area contributed by atoms with E-state index >= 15 is 0 Å². The summed E-state index contributed by atoms with van der Waals surface area (Å²) in [6, 6.07) is 16.8. The maximum absolute atomic E-state index is 12.7. The van der Waals surface area contributed by atoms with E-state index in [4.69, 9.17) is 0 Å². The molecule has 0 spiro atoms. The number of carbonyl (C=O) groups excluding carboxylic acids is 1. The Labute approximate surface area is 151 Å². The van der Waals surface area contributed by atoms with E-state index in [1.807, 2.05) is 31.3 Å². The number of amides is 1. The monoisotopic (exact) mass is 351 g/mol. The highest BCUT2D eigenvalue weighted by Gasteiger charge is 2.28. The number of benzene rings is 2. The zero-order valence-corrected chi connectivity index (χ0v) is 15.3. The van der Waals surface area contributed by atoms with E-state index in [0.29, 0.717) is 19.1 Å². The summed E-state index contributed by atoms with van der Waals surface area (Å²) in [5.41, 5.74) is 3.53. The van der Waals surface area contributed by atoms with Crippen LogP contribution in [0.1, 0.15) is 17.5 Å². The van der Waals surface area contributed by atoms with Crippen LogP contribution in [0.25, 0.3) is 10.2 Å². The van der Waals surface area contributed by atoms with Crippen LogP contribution in [0, 0.1) is 0 Å². The van der Waals surface area contributed by atoms with Crippen LogP contribution in [0.5, 0.6) is 0 Å². The molecule has 1 amide bonds. The number of thiazole rings is 1. The lowest BCUT2D eigenvalue weighted by Crippen LogP contribution is -2.40. The van der Waals surface area contributed by atoms with Gasteiger partial charge in [-0.2, -0.15) is 0 Å². The number of aromatic nitrogens is 1. The standard InChI is InChI=1S/C20H21N3OS/c1-14-11-15-7-3-5-9-17(15)23(14)13-20(24)22(2)12-19-21-16-8-4-6-10-18(16)25-19/h3-10,14H,11-13H2,1-2H3/t14-/m1/s1. The van der Waals surface area contributed by atoms with Crippen molar-refractivity contribution in [3.63, 3.8) is 0 Å². The normalized spacial score (nSPS) is 16.2. The molecule has 0 radical (unpaired) electrons. The Morgan fingerprint density at radius 2 is 2.00 bits per heavy atom.